The SMILES string of the molecule is COc1c(F)cc(N2CCN(C(=O)C(=O)Nc3ccc4c(c3)CCC(=O)C4)CC2)cc1F. The number of carbonyl (C=O) groups excluding carboxylic acids is 3. The lowest BCUT2D eigenvalue weighted by Gasteiger charge is -2.35. The number of halogens is 2. The number of fused-ring (bicyclic) bond motifs is 1. The highest BCUT2D eigenvalue weighted by Gasteiger charge is 2.27. The van der Waals surface area contributed by atoms with Gasteiger partial charge in [0, 0.05) is 62.5 Å². The van der Waals surface area contributed by atoms with Crippen molar-refractivity contribution in [2.75, 3.05) is 43.5 Å². The second kappa shape index (κ2) is 8.94. The van der Waals surface area contributed by atoms with Crippen LogP contribution in [0.25, 0.3) is 0 Å². The van der Waals surface area contributed by atoms with Gasteiger partial charge < -0.3 is 19.9 Å². The maximum Gasteiger partial charge on any atom is 0.313 e. The van der Waals surface area contributed by atoms with Gasteiger partial charge >= 0.3 is 11.8 Å². The van der Waals surface area contributed by atoms with Crippen LogP contribution in [0, 0.1) is 11.6 Å². The van der Waals surface area contributed by atoms with E-state index in [1.54, 1.807) is 23.1 Å². The molecule has 2 amide bonds. The molecular formula is C23H23F2N3O4. The molecule has 0 saturated carbocycles. The number of benzene rings is 2. The van der Waals surface area contributed by atoms with Crippen LogP contribution in [0.5, 0.6) is 5.75 Å². The van der Waals surface area contributed by atoms with Crippen LogP contribution in [0.1, 0.15) is 17.5 Å². The number of rotatable bonds is 3. The molecule has 0 spiro atoms. The average molecular weight is 443 g/mol. The Labute approximate surface area is 183 Å². The molecule has 0 atom stereocenters. The second-order valence-corrected chi connectivity index (χ2v) is 7.87. The Morgan fingerprint density at radius 2 is 1.66 bits per heavy atom. The number of anilines is 2. The molecule has 168 valence electrons. The molecule has 9 heteroatoms. The molecule has 2 aromatic rings. The summed E-state index contributed by atoms with van der Waals surface area (Å²) in [5, 5.41) is 2.63. The Bertz CT molecular complexity index is 1060. The molecule has 1 fully saturated rings. The van der Waals surface area contributed by atoms with Crippen molar-refractivity contribution in [1.82, 2.24) is 4.90 Å². The van der Waals surface area contributed by atoms with Crippen molar-refractivity contribution in [3.63, 3.8) is 0 Å². The Morgan fingerprint density at radius 1 is 0.969 bits per heavy atom. The molecule has 1 aliphatic carbocycles. The van der Waals surface area contributed by atoms with Crippen LogP contribution in [-0.2, 0) is 27.2 Å². The van der Waals surface area contributed by atoms with E-state index in [4.69, 9.17) is 4.74 Å². The van der Waals surface area contributed by atoms with Gasteiger partial charge in [-0.15, -0.1) is 0 Å². The average Bonchev–Trinajstić information content (AvgIpc) is 2.78. The molecule has 32 heavy (non-hydrogen) atoms. The number of ether oxygens (including phenoxy) is 1. The fourth-order valence-electron chi connectivity index (χ4n) is 4.10. The van der Waals surface area contributed by atoms with Gasteiger partial charge in [-0.1, -0.05) is 6.07 Å². The van der Waals surface area contributed by atoms with Gasteiger partial charge in [0.25, 0.3) is 0 Å². The number of ketones is 1. The van der Waals surface area contributed by atoms with E-state index in [0.717, 1.165) is 11.1 Å². The summed E-state index contributed by atoms with van der Waals surface area (Å²) in [7, 11) is 1.20. The quantitative estimate of drug-likeness (QED) is 0.737. The second-order valence-electron chi connectivity index (χ2n) is 7.87. The molecule has 0 unspecified atom stereocenters. The Morgan fingerprint density at radius 3 is 2.31 bits per heavy atom. The molecule has 1 aliphatic heterocycles. The van der Waals surface area contributed by atoms with Crippen LogP contribution >= 0.6 is 0 Å². The zero-order chi connectivity index (χ0) is 22.8. The number of hydrogen-bond acceptors (Lipinski definition) is 5. The maximum absolute atomic E-state index is 14.0. The van der Waals surface area contributed by atoms with Crippen molar-refractivity contribution in [2.24, 2.45) is 0 Å². The standard InChI is InChI=1S/C23H23F2N3O4/c1-32-21-19(24)12-17(13-20(21)25)27-6-8-28(9-7-27)23(31)22(30)26-16-4-2-15-11-18(29)5-3-14(15)10-16/h2,4,10,12-13H,3,5-9,11H2,1H3,(H,26,30). The highest BCUT2D eigenvalue weighted by atomic mass is 19.1. The van der Waals surface area contributed by atoms with E-state index in [2.05, 4.69) is 5.32 Å². The zero-order valence-corrected chi connectivity index (χ0v) is 17.6. The highest BCUT2D eigenvalue weighted by Crippen LogP contribution is 2.28. The molecule has 0 radical (unpaired) electrons. The van der Waals surface area contributed by atoms with Gasteiger partial charge in [0.1, 0.15) is 5.78 Å². The molecule has 2 aromatic carbocycles. The summed E-state index contributed by atoms with van der Waals surface area (Å²) in [6.45, 7) is 1.15. The maximum atomic E-state index is 14.0. The van der Waals surface area contributed by atoms with E-state index in [9.17, 15) is 23.2 Å². The van der Waals surface area contributed by atoms with Crippen LogP contribution < -0.4 is 15.0 Å². The first kappa shape index (κ1) is 21.7. The molecule has 4 rings (SSSR count). The number of aryl methyl sites for hydroxylation is 1. The first-order valence-corrected chi connectivity index (χ1v) is 10.4. The van der Waals surface area contributed by atoms with Gasteiger partial charge in [-0.2, -0.15) is 0 Å². The lowest BCUT2D eigenvalue weighted by atomic mass is 9.90. The van der Waals surface area contributed by atoms with Gasteiger partial charge in [0.05, 0.1) is 7.11 Å². The minimum atomic E-state index is -0.796. The van der Waals surface area contributed by atoms with Crippen molar-refractivity contribution < 1.29 is 27.9 Å². The molecule has 0 aromatic heterocycles. The van der Waals surface area contributed by atoms with Crippen LogP contribution in [0.3, 0.4) is 0 Å². The van der Waals surface area contributed by atoms with Crippen molar-refractivity contribution in [3.05, 3.63) is 53.1 Å². The largest absolute Gasteiger partial charge is 0.491 e. The predicted molar refractivity (Wildman–Crippen MR) is 114 cm³/mol. The van der Waals surface area contributed by atoms with E-state index in [1.807, 2.05) is 0 Å². The normalized spacial score (nSPS) is 15.9. The number of carbonyl (C=O) groups is 3. The molecular weight excluding hydrogens is 420 g/mol. The third kappa shape index (κ3) is 4.42. The van der Waals surface area contributed by atoms with Crippen molar-refractivity contribution in [1.29, 1.82) is 0 Å². The summed E-state index contributed by atoms with van der Waals surface area (Å²) in [4.78, 5) is 39.8. The molecule has 1 N–H and O–H groups in total. The summed E-state index contributed by atoms with van der Waals surface area (Å²) in [6, 6.07) is 7.68. The minimum absolute atomic E-state index is 0.198. The number of hydrogen-bond donors (Lipinski definition) is 1. The van der Waals surface area contributed by atoms with E-state index in [-0.39, 0.29) is 18.9 Å². The van der Waals surface area contributed by atoms with Gasteiger partial charge in [-0.05, 0) is 29.7 Å². The first-order chi connectivity index (χ1) is 15.4. The summed E-state index contributed by atoms with van der Waals surface area (Å²) in [6.07, 6.45) is 1.50. The number of piperazine rings is 1. The molecule has 2 aliphatic rings. The van der Waals surface area contributed by atoms with Gasteiger partial charge in [-0.25, -0.2) is 8.78 Å². The Hall–Kier alpha value is -3.49. The van der Waals surface area contributed by atoms with Gasteiger partial charge in [-0.3, -0.25) is 14.4 Å². The zero-order valence-electron chi connectivity index (χ0n) is 17.6. The third-order valence-electron chi connectivity index (χ3n) is 5.84. The third-order valence-corrected chi connectivity index (χ3v) is 5.84. The predicted octanol–water partition coefficient (Wildman–Crippen LogP) is 2.32. The summed E-state index contributed by atoms with van der Waals surface area (Å²) in [5.74, 6) is -3.24. The Kier molecular flexibility index (Phi) is 6.07. The number of nitrogens with one attached hydrogen (secondary N) is 1. The molecule has 0 bridgehead atoms. The fourth-order valence-corrected chi connectivity index (χ4v) is 4.10. The number of Topliss-reactive ketones (excluding diaryl/α,β-unsaturated/α-hetero) is 1. The van der Waals surface area contributed by atoms with E-state index in [0.29, 0.717) is 43.7 Å². The van der Waals surface area contributed by atoms with E-state index in [1.165, 1.54) is 24.1 Å². The van der Waals surface area contributed by atoms with Crippen molar-refractivity contribution >= 4 is 29.0 Å². The van der Waals surface area contributed by atoms with E-state index < -0.39 is 29.2 Å². The molecule has 1 saturated heterocycles. The molecule has 7 nitrogen and oxygen atoms in total. The minimum Gasteiger partial charge on any atom is -0.491 e. The monoisotopic (exact) mass is 443 g/mol. The van der Waals surface area contributed by atoms with Crippen LogP contribution in [-0.4, -0.2) is 55.8 Å². The van der Waals surface area contributed by atoms with Crippen molar-refractivity contribution in [3.8, 4) is 5.75 Å². The Balaban J connectivity index is 1.35. The number of amides is 2. The number of nitrogens with zero attached hydrogens (tertiary/aromatic N) is 2. The number of methoxy groups -OCH3 is 1. The summed E-state index contributed by atoms with van der Waals surface area (Å²) in [5.41, 5.74) is 2.82. The summed E-state index contributed by atoms with van der Waals surface area (Å²) >= 11 is 0. The van der Waals surface area contributed by atoms with Gasteiger partial charge in [0.15, 0.2) is 17.4 Å². The first-order valence-electron chi connectivity index (χ1n) is 10.4. The topological polar surface area (TPSA) is 79.0 Å². The molecule has 1 heterocycles. The highest BCUT2D eigenvalue weighted by molar-refractivity contribution is 6.39. The lowest BCUT2D eigenvalue weighted by Crippen LogP contribution is -2.51. The fraction of sp³-hybridized carbons (Fsp3) is 0.348. The van der Waals surface area contributed by atoms with Crippen molar-refractivity contribution in [2.45, 2.75) is 19.3 Å². The smallest absolute Gasteiger partial charge is 0.313 e. The van der Waals surface area contributed by atoms with Crippen LogP contribution in [0.2, 0.25) is 0 Å². The summed E-state index contributed by atoms with van der Waals surface area (Å²) < 4.78 is 32.7. The van der Waals surface area contributed by atoms with E-state index >= 15 is 0 Å². The lowest BCUT2D eigenvalue weighted by molar-refractivity contribution is -0.143. The van der Waals surface area contributed by atoms with Crippen LogP contribution in [0.15, 0.2) is 30.3 Å². The van der Waals surface area contributed by atoms with Gasteiger partial charge in [0.2, 0.25) is 0 Å². The van der Waals surface area contributed by atoms with Crippen LogP contribution in [0.4, 0.5) is 20.2 Å².